The number of hydrogen-bond acceptors (Lipinski definition) is 3. The number of hydrogen-bond donors (Lipinski definition) is 0. The van der Waals surface area contributed by atoms with Crippen LogP contribution in [0.5, 0.6) is 5.75 Å². The Bertz CT molecular complexity index is 1140. The van der Waals surface area contributed by atoms with E-state index in [1.54, 1.807) is 18.4 Å². The summed E-state index contributed by atoms with van der Waals surface area (Å²) in [6.07, 6.45) is 1.93. The molecular weight excluding hydrogens is 342 g/mol. The Morgan fingerprint density at radius 2 is 2.08 bits per heavy atom. The maximum Gasteiger partial charge on any atom is 0.152 e. The van der Waals surface area contributed by atoms with Gasteiger partial charge in [-0.3, -0.25) is 4.79 Å². The van der Waals surface area contributed by atoms with Gasteiger partial charge in [0.05, 0.1) is 12.8 Å². The second-order valence-corrected chi connectivity index (χ2v) is 7.46. The monoisotopic (exact) mass is 359 g/mol. The first-order valence-electron chi connectivity index (χ1n) is 8.62. The summed E-state index contributed by atoms with van der Waals surface area (Å²) in [5.74, 6) is 0.862. The molecule has 0 bridgehead atoms. The van der Waals surface area contributed by atoms with Gasteiger partial charge in [0.1, 0.15) is 5.75 Å². The molecule has 1 aliphatic heterocycles. The van der Waals surface area contributed by atoms with E-state index in [9.17, 15) is 4.79 Å². The second-order valence-electron chi connectivity index (χ2n) is 6.51. The average molecular weight is 359 g/mol. The van der Waals surface area contributed by atoms with Gasteiger partial charge >= 0.3 is 0 Å². The summed E-state index contributed by atoms with van der Waals surface area (Å²) in [5.41, 5.74) is 6.51. The molecule has 0 atom stereocenters. The minimum Gasteiger partial charge on any atom is -0.497 e. The van der Waals surface area contributed by atoms with Crippen molar-refractivity contribution >= 4 is 28.5 Å². The van der Waals surface area contributed by atoms with Crippen LogP contribution in [0, 0.1) is 0 Å². The third-order valence-corrected chi connectivity index (χ3v) is 6.12. The first-order chi connectivity index (χ1) is 12.8. The Morgan fingerprint density at radius 3 is 2.85 bits per heavy atom. The number of aldehydes is 1. The zero-order valence-corrected chi connectivity index (χ0v) is 15.2. The molecule has 128 valence electrons. The molecule has 2 aromatic heterocycles. The van der Waals surface area contributed by atoms with Crippen LogP contribution in [0.1, 0.15) is 15.9 Å². The SMILES string of the molecule is COc1ccc2c(c1)CCn1c-2c(C=O)c2ccc(-c3cccs3)cc21. The van der Waals surface area contributed by atoms with Crippen LogP contribution in [-0.2, 0) is 13.0 Å². The van der Waals surface area contributed by atoms with Crippen LogP contribution >= 0.6 is 11.3 Å². The van der Waals surface area contributed by atoms with E-state index in [2.05, 4.69) is 52.4 Å². The molecule has 1 aliphatic rings. The molecule has 3 heterocycles. The molecule has 4 heteroatoms. The summed E-state index contributed by atoms with van der Waals surface area (Å²) >= 11 is 1.73. The molecule has 0 saturated heterocycles. The third-order valence-electron chi connectivity index (χ3n) is 5.20. The van der Waals surface area contributed by atoms with Crippen molar-refractivity contribution in [2.24, 2.45) is 0 Å². The normalized spacial score (nSPS) is 12.7. The Hall–Kier alpha value is -2.85. The lowest BCUT2D eigenvalue weighted by Gasteiger charge is -2.21. The lowest BCUT2D eigenvalue weighted by Crippen LogP contribution is -2.11. The maximum atomic E-state index is 12.0. The van der Waals surface area contributed by atoms with E-state index in [1.807, 2.05) is 6.07 Å². The molecule has 4 aromatic rings. The summed E-state index contributed by atoms with van der Waals surface area (Å²) in [5, 5.41) is 3.12. The largest absolute Gasteiger partial charge is 0.497 e. The zero-order valence-electron chi connectivity index (χ0n) is 14.4. The lowest BCUT2D eigenvalue weighted by atomic mass is 9.96. The fourth-order valence-electron chi connectivity index (χ4n) is 3.98. The number of rotatable bonds is 3. The summed E-state index contributed by atoms with van der Waals surface area (Å²) in [6.45, 7) is 0.869. The highest BCUT2D eigenvalue weighted by Gasteiger charge is 2.24. The van der Waals surface area contributed by atoms with Gasteiger partial charge in [-0.2, -0.15) is 0 Å². The highest BCUT2D eigenvalue weighted by Crippen LogP contribution is 2.40. The molecule has 5 rings (SSSR count). The first kappa shape index (κ1) is 15.4. The number of thiophene rings is 1. The fourth-order valence-corrected chi connectivity index (χ4v) is 4.71. The van der Waals surface area contributed by atoms with Gasteiger partial charge in [-0.1, -0.05) is 18.2 Å². The van der Waals surface area contributed by atoms with Crippen molar-refractivity contribution in [3.8, 4) is 27.4 Å². The van der Waals surface area contributed by atoms with Crippen LogP contribution in [0.2, 0.25) is 0 Å². The predicted molar refractivity (Wildman–Crippen MR) is 106 cm³/mol. The van der Waals surface area contributed by atoms with Crippen molar-refractivity contribution in [2.75, 3.05) is 7.11 Å². The van der Waals surface area contributed by atoms with Crippen molar-refractivity contribution in [2.45, 2.75) is 13.0 Å². The Balaban J connectivity index is 1.79. The van der Waals surface area contributed by atoms with E-state index in [-0.39, 0.29) is 0 Å². The Kier molecular flexibility index (Phi) is 3.47. The van der Waals surface area contributed by atoms with E-state index >= 15 is 0 Å². The van der Waals surface area contributed by atoms with Gasteiger partial charge in [0.25, 0.3) is 0 Å². The highest BCUT2D eigenvalue weighted by atomic mass is 32.1. The van der Waals surface area contributed by atoms with Crippen molar-refractivity contribution in [3.63, 3.8) is 0 Å². The van der Waals surface area contributed by atoms with Gasteiger partial charge in [-0.05, 0) is 53.3 Å². The van der Waals surface area contributed by atoms with Gasteiger partial charge < -0.3 is 9.30 Å². The Morgan fingerprint density at radius 1 is 1.15 bits per heavy atom. The molecule has 0 aliphatic carbocycles. The fraction of sp³-hybridized carbons (Fsp3) is 0.136. The van der Waals surface area contributed by atoms with Crippen LogP contribution in [0.15, 0.2) is 53.9 Å². The molecule has 2 aromatic carbocycles. The topological polar surface area (TPSA) is 31.2 Å². The average Bonchev–Trinajstić information content (AvgIpc) is 3.33. The molecule has 0 N–H and O–H groups in total. The molecule has 0 unspecified atom stereocenters. The number of fused-ring (bicyclic) bond motifs is 5. The summed E-state index contributed by atoms with van der Waals surface area (Å²) in [6, 6.07) is 16.7. The standard InChI is InChI=1S/C22H17NO2S/c1-25-16-5-7-17-14(11-16)8-9-23-20-12-15(21-3-2-10-26-21)4-6-18(20)19(13-24)22(17)23/h2-7,10-13H,8-9H2,1H3. The summed E-state index contributed by atoms with van der Waals surface area (Å²) < 4.78 is 7.66. The minimum atomic E-state index is 0.781. The quantitative estimate of drug-likeness (QED) is 0.458. The molecule has 0 radical (unpaired) electrons. The zero-order chi connectivity index (χ0) is 17.7. The number of methoxy groups -OCH3 is 1. The molecule has 0 saturated carbocycles. The van der Waals surface area contributed by atoms with E-state index in [0.717, 1.165) is 52.7 Å². The van der Waals surface area contributed by atoms with Crippen molar-refractivity contribution in [3.05, 3.63) is 65.0 Å². The van der Waals surface area contributed by atoms with E-state index < -0.39 is 0 Å². The summed E-state index contributed by atoms with van der Waals surface area (Å²) in [7, 11) is 1.69. The maximum absolute atomic E-state index is 12.0. The van der Waals surface area contributed by atoms with Crippen LogP contribution in [-0.4, -0.2) is 18.0 Å². The number of nitrogens with zero attached hydrogens (tertiary/aromatic N) is 1. The second kappa shape index (κ2) is 5.85. The van der Waals surface area contributed by atoms with Gasteiger partial charge in [0.15, 0.2) is 6.29 Å². The highest BCUT2D eigenvalue weighted by molar-refractivity contribution is 7.13. The van der Waals surface area contributed by atoms with E-state index in [4.69, 9.17) is 4.74 Å². The molecule has 26 heavy (non-hydrogen) atoms. The third kappa shape index (κ3) is 2.15. The molecule has 0 amide bonds. The number of carbonyl (C=O) groups is 1. The smallest absolute Gasteiger partial charge is 0.152 e. The number of ether oxygens (including phenoxy) is 1. The number of benzene rings is 2. The first-order valence-corrected chi connectivity index (χ1v) is 9.50. The molecular formula is C22H17NO2S. The molecule has 0 fully saturated rings. The van der Waals surface area contributed by atoms with Crippen LogP contribution in [0.25, 0.3) is 32.6 Å². The molecule has 0 spiro atoms. The van der Waals surface area contributed by atoms with Gasteiger partial charge in [0, 0.05) is 33.5 Å². The van der Waals surface area contributed by atoms with Crippen LogP contribution in [0.4, 0.5) is 0 Å². The van der Waals surface area contributed by atoms with E-state index in [1.165, 1.54) is 16.0 Å². The predicted octanol–water partition coefficient (Wildman–Crippen LogP) is 5.41. The van der Waals surface area contributed by atoms with Crippen LogP contribution in [0.3, 0.4) is 0 Å². The van der Waals surface area contributed by atoms with Crippen molar-refractivity contribution in [1.82, 2.24) is 4.57 Å². The Labute approximate surface area is 155 Å². The van der Waals surface area contributed by atoms with E-state index in [0.29, 0.717) is 0 Å². The molecule has 3 nitrogen and oxygen atoms in total. The number of carbonyl (C=O) groups excluding carboxylic acids is 1. The summed E-state index contributed by atoms with van der Waals surface area (Å²) in [4.78, 5) is 13.2. The van der Waals surface area contributed by atoms with Gasteiger partial charge in [-0.25, -0.2) is 0 Å². The number of aryl methyl sites for hydroxylation is 2. The minimum absolute atomic E-state index is 0.781. The number of aromatic nitrogens is 1. The van der Waals surface area contributed by atoms with Gasteiger partial charge in [-0.15, -0.1) is 11.3 Å². The van der Waals surface area contributed by atoms with Crippen molar-refractivity contribution in [1.29, 1.82) is 0 Å². The van der Waals surface area contributed by atoms with Crippen molar-refractivity contribution < 1.29 is 9.53 Å². The lowest BCUT2D eigenvalue weighted by molar-refractivity contribution is 0.112. The van der Waals surface area contributed by atoms with Crippen LogP contribution < -0.4 is 4.74 Å². The van der Waals surface area contributed by atoms with Gasteiger partial charge in [0.2, 0.25) is 0 Å².